The van der Waals surface area contributed by atoms with Gasteiger partial charge in [-0.3, -0.25) is 4.79 Å². The summed E-state index contributed by atoms with van der Waals surface area (Å²) < 4.78 is 7.90. The molecular weight excluding hydrogens is 446 g/mol. The number of nitrogens with zero attached hydrogens (tertiary/aromatic N) is 3. The van der Waals surface area contributed by atoms with Crippen LogP contribution in [0.2, 0.25) is 5.02 Å². The van der Waals surface area contributed by atoms with E-state index in [2.05, 4.69) is 36.6 Å². The SMILES string of the molecule is O=C(NCCNc1cc(-c2ccccc2Cl)nc2c(Br)cnn12)C1CCCO1. The van der Waals surface area contributed by atoms with Crippen molar-refractivity contribution in [1.82, 2.24) is 19.9 Å². The number of carbonyl (C=O) groups excluding carboxylic acids is 1. The number of halogens is 2. The van der Waals surface area contributed by atoms with Gasteiger partial charge in [0.15, 0.2) is 5.65 Å². The van der Waals surface area contributed by atoms with Crippen molar-refractivity contribution in [2.75, 3.05) is 25.0 Å². The topological polar surface area (TPSA) is 80.5 Å². The molecule has 0 spiro atoms. The number of hydrogen-bond donors (Lipinski definition) is 2. The highest BCUT2D eigenvalue weighted by Gasteiger charge is 2.22. The quantitative estimate of drug-likeness (QED) is 0.546. The molecule has 9 heteroatoms. The summed E-state index contributed by atoms with van der Waals surface area (Å²) in [5.41, 5.74) is 2.27. The van der Waals surface area contributed by atoms with Crippen LogP contribution in [0.1, 0.15) is 12.8 Å². The minimum absolute atomic E-state index is 0.0576. The molecule has 1 amide bonds. The normalized spacial score (nSPS) is 16.4. The molecule has 1 atom stereocenters. The molecule has 1 aromatic carbocycles. The Kier molecular flexibility index (Phi) is 5.79. The standard InChI is InChI=1S/C19H19BrClN5O2/c20-13-11-24-26-17(22-7-8-23-19(27)16-6-3-9-28-16)10-15(25-18(13)26)12-4-1-2-5-14(12)21/h1-2,4-5,10-11,16,22H,3,6-9H2,(H,23,27). The maximum atomic E-state index is 12.0. The number of aromatic nitrogens is 3. The lowest BCUT2D eigenvalue weighted by Gasteiger charge is -2.13. The van der Waals surface area contributed by atoms with Crippen molar-refractivity contribution in [2.24, 2.45) is 0 Å². The predicted molar refractivity (Wildman–Crippen MR) is 112 cm³/mol. The van der Waals surface area contributed by atoms with Gasteiger partial charge in [-0.1, -0.05) is 29.8 Å². The number of benzene rings is 1. The molecule has 1 aliphatic heterocycles. The molecule has 2 aromatic heterocycles. The smallest absolute Gasteiger partial charge is 0.249 e. The van der Waals surface area contributed by atoms with Gasteiger partial charge in [-0.15, -0.1) is 0 Å². The molecule has 0 radical (unpaired) electrons. The summed E-state index contributed by atoms with van der Waals surface area (Å²) in [4.78, 5) is 16.7. The van der Waals surface area contributed by atoms with Gasteiger partial charge < -0.3 is 15.4 Å². The highest BCUT2D eigenvalue weighted by Crippen LogP contribution is 2.30. The second-order valence-corrected chi connectivity index (χ2v) is 7.72. The number of nitrogens with one attached hydrogen (secondary N) is 2. The third kappa shape index (κ3) is 3.99. The first-order valence-corrected chi connectivity index (χ1v) is 10.2. The molecular formula is C19H19BrClN5O2. The molecule has 2 N–H and O–H groups in total. The van der Waals surface area contributed by atoms with Crippen LogP contribution in [0.25, 0.3) is 16.9 Å². The fraction of sp³-hybridized carbons (Fsp3) is 0.316. The second kappa shape index (κ2) is 8.46. The van der Waals surface area contributed by atoms with E-state index >= 15 is 0 Å². The Balaban J connectivity index is 1.51. The number of anilines is 1. The molecule has 1 fully saturated rings. The van der Waals surface area contributed by atoms with Crippen molar-refractivity contribution in [1.29, 1.82) is 0 Å². The first kappa shape index (κ1) is 19.2. The number of rotatable bonds is 6. The Labute approximate surface area is 175 Å². The van der Waals surface area contributed by atoms with Gasteiger partial charge in [0, 0.05) is 36.3 Å². The van der Waals surface area contributed by atoms with E-state index in [1.807, 2.05) is 30.3 Å². The van der Waals surface area contributed by atoms with Gasteiger partial charge in [-0.05, 0) is 34.8 Å². The lowest BCUT2D eigenvalue weighted by molar-refractivity contribution is -0.129. The van der Waals surface area contributed by atoms with Crippen LogP contribution in [0.3, 0.4) is 0 Å². The third-order valence-corrected chi connectivity index (χ3v) is 5.42. The number of ether oxygens (including phenoxy) is 1. The van der Waals surface area contributed by atoms with E-state index in [1.165, 1.54) is 0 Å². The molecule has 1 saturated heterocycles. The predicted octanol–water partition coefficient (Wildman–Crippen LogP) is 3.52. The molecule has 1 aliphatic rings. The summed E-state index contributed by atoms with van der Waals surface area (Å²) in [6, 6.07) is 9.47. The Morgan fingerprint density at radius 1 is 1.36 bits per heavy atom. The van der Waals surface area contributed by atoms with E-state index in [1.54, 1.807) is 10.7 Å². The first-order valence-electron chi connectivity index (χ1n) is 9.06. The zero-order chi connectivity index (χ0) is 19.5. The summed E-state index contributed by atoms with van der Waals surface area (Å²) in [6.45, 7) is 1.67. The number of amides is 1. The highest BCUT2D eigenvalue weighted by atomic mass is 79.9. The summed E-state index contributed by atoms with van der Waals surface area (Å²) >= 11 is 9.83. The van der Waals surface area contributed by atoms with Crippen molar-refractivity contribution < 1.29 is 9.53 Å². The Morgan fingerprint density at radius 2 is 2.21 bits per heavy atom. The summed E-state index contributed by atoms with van der Waals surface area (Å²) in [7, 11) is 0. The van der Waals surface area contributed by atoms with E-state index in [-0.39, 0.29) is 12.0 Å². The van der Waals surface area contributed by atoms with E-state index < -0.39 is 0 Å². The molecule has 0 saturated carbocycles. The maximum Gasteiger partial charge on any atom is 0.249 e. The Bertz CT molecular complexity index is 1000. The fourth-order valence-corrected chi connectivity index (χ4v) is 3.72. The van der Waals surface area contributed by atoms with E-state index in [4.69, 9.17) is 16.3 Å². The van der Waals surface area contributed by atoms with Crippen molar-refractivity contribution in [3.63, 3.8) is 0 Å². The van der Waals surface area contributed by atoms with Crippen LogP contribution in [0.4, 0.5) is 5.82 Å². The maximum absolute atomic E-state index is 12.0. The zero-order valence-electron chi connectivity index (χ0n) is 15.0. The Morgan fingerprint density at radius 3 is 3.00 bits per heavy atom. The van der Waals surface area contributed by atoms with E-state index in [0.29, 0.717) is 30.4 Å². The van der Waals surface area contributed by atoms with Crippen LogP contribution in [0.5, 0.6) is 0 Å². The van der Waals surface area contributed by atoms with E-state index in [0.717, 1.165) is 34.4 Å². The zero-order valence-corrected chi connectivity index (χ0v) is 17.3. The van der Waals surface area contributed by atoms with Gasteiger partial charge >= 0.3 is 0 Å². The second-order valence-electron chi connectivity index (χ2n) is 6.45. The molecule has 1 unspecified atom stereocenters. The van der Waals surface area contributed by atoms with Crippen LogP contribution < -0.4 is 10.6 Å². The molecule has 7 nitrogen and oxygen atoms in total. The molecule has 4 rings (SSSR count). The first-order chi connectivity index (χ1) is 13.6. The lowest BCUT2D eigenvalue weighted by Crippen LogP contribution is -2.36. The third-order valence-electron chi connectivity index (χ3n) is 4.53. The van der Waals surface area contributed by atoms with Gasteiger partial charge in [0.1, 0.15) is 11.9 Å². The van der Waals surface area contributed by atoms with Crippen LogP contribution in [-0.4, -0.2) is 46.3 Å². The van der Waals surface area contributed by atoms with Gasteiger partial charge in [0.2, 0.25) is 5.91 Å². The lowest BCUT2D eigenvalue weighted by atomic mass is 10.1. The summed E-state index contributed by atoms with van der Waals surface area (Å²) in [6.07, 6.45) is 3.10. The molecule has 28 heavy (non-hydrogen) atoms. The minimum Gasteiger partial charge on any atom is -0.368 e. The fourth-order valence-electron chi connectivity index (χ4n) is 3.14. The van der Waals surface area contributed by atoms with E-state index in [9.17, 15) is 4.79 Å². The van der Waals surface area contributed by atoms with Gasteiger partial charge in [-0.2, -0.15) is 9.61 Å². The average Bonchev–Trinajstić information content (AvgIpc) is 3.36. The largest absolute Gasteiger partial charge is 0.368 e. The number of hydrogen-bond acceptors (Lipinski definition) is 5. The van der Waals surface area contributed by atoms with Crippen molar-refractivity contribution in [3.8, 4) is 11.3 Å². The van der Waals surface area contributed by atoms with Crippen molar-refractivity contribution in [3.05, 3.63) is 46.0 Å². The Hall–Kier alpha value is -2.16. The molecule has 3 heterocycles. The molecule has 3 aromatic rings. The van der Waals surface area contributed by atoms with Gasteiger partial charge in [-0.25, -0.2) is 4.98 Å². The molecule has 0 aliphatic carbocycles. The minimum atomic E-state index is -0.318. The van der Waals surface area contributed by atoms with Crippen molar-refractivity contribution >= 4 is 44.9 Å². The van der Waals surface area contributed by atoms with Crippen LogP contribution in [-0.2, 0) is 9.53 Å². The molecule has 0 bridgehead atoms. The van der Waals surface area contributed by atoms with Gasteiger partial charge in [0.25, 0.3) is 0 Å². The molecule has 146 valence electrons. The van der Waals surface area contributed by atoms with Crippen LogP contribution >= 0.6 is 27.5 Å². The van der Waals surface area contributed by atoms with Crippen LogP contribution in [0, 0.1) is 0 Å². The average molecular weight is 465 g/mol. The summed E-state index contributed by atoms with van der Waals surface area (Å²) in [5.74, 6) is 0.703. The monoisotopic (exact) mass is 463 g/mol. The number of fused-ring (bicyclic) bond motifs is 1. The number of carbonyl (C=O) groups is 1. The highest BCUT2D eigenvalue weighted by molar-refractivity contribution is 9.10. The van der Waals surface area contributed by atoms with Gasteiger partial charge in [0.05, 0.1) is 16.4 Å². The van der Waals surface area contributed by atoms with Crippen molar-refractivity contribution in [2.45, 2.75) is 18.9 Å². The summed E-state index contributed by atoms with van der Waals surface area (Å²) in [5, 5.41) is 11.2. The van der Waals surface area contributed by atoms with Crippen LogP contribution in [0.15, 0.2) is 41.0 Å².